The third-order valence-corrected chi connectivity index (χ3v) is 3.52. The fraction of sp³-hybridized carbons (Fsp3) is 0.188. The maximum absolute atomic E-state index is 14.1. The van der Waals surface area contributed by atoms with Crippen LogP contribution in [-0.2, 0) is 13.1 Å². The lowest BCUT2D eigenvalue weighted by molar-refractivity contribution is 0.0691. The van der Waals surface area contributed by atoms with Crippen LogP contribution in [0.5, 0.6) is 0 Å². The number of aromatic carboxylic acids is 1. The summed E-state index contributed by atoms with van der Waals surface area (Å²) >= 11 is 6.09. The molecule has 0 amide bonds. The van der Waals surface area contributed by atoms with E-state index in [1.807, 2.05) is 30.1 Å². The van der Waals surface area contributed by atoms with E-state index in [9.17, 15) is 9.18 Å². The van der Waals surface area contributed by atoms with Crippen molar-refractivity contribution in [1.29, 1.82) is 0 Å². The molecule has 0 spiro atoms. The van der Waals surface area contributed by atoms with Crippen LogP contribution in [0.1, 0.15) is 21.5 Å². The second-order valence-corrected chi connectivity index (χ2v) is 5.25. The molecule has 2 aromatic carbocycles. The third kappa shape index (κ3) is 3.80. The average Bonchev–Trinajstić information content (AvgIpc) is 2.43. The summed E-state index contributed by atoms with van der Waals surface area (Å²) in [6.07, 6.45) is 0. The summed E-state index contributed by atoms with van der Waals surface area (Å²) in [4.78, 5) is 12.8. The Morgan fingerprint density at radius 1 is 1.14 bits per heavy atom. The summed E-state index contributed by atoms with van der Waals surface area (Å²) in [6.45, 7) is 0.856. The zero-order valence-corrected chi connectivity index (χ0v) is 12.3. The lowest BCUT2D eigenvalue weighted by atomic mass is 10.1. The first-order valence-electron chi connectivity index (χ1n) is 6.41. The number of hydrogen-bond acceptors (Lipinski definition) is 2. The Bertz CT molecular complexity index is 660. The van der Waals surface area contributed by atoms with Crippen LogP contribution in [0.15, 0.2) is 42.5 Å². The minimum atomic E-state index is -1.26. The van der Waals surface area contributed by atoms with Gasteiger partial charge in [0.25, 0.3) is 0 Å². The van der Waals surface area contributed by atoms with Gasteiger partial charge in [0.15, 0.2) is 0 Å². The summed E-state index contributed by atoms with van der Waals surface area (Å²) in [5.74, 6) is -1.95. The Morgan fingerprint density at radius 2 is 1.76 bits per heavy atom. The lowest BCUT2D eigenvalue weighted by Gasteiger charge is -2.18. The third-order valence-electron chi connectivity index (χ3n) is 3.15. The van der Waals surface area contributed by atoms with Gasteiger partial charge in [0, 0.05) is 23.7 Å². The van der Waals surface area contributed by atoms with Gasteiger partial charge in [0.1, 0.15) is 5.82 Å². The SMILES string of the molecule is CN(Cc1ccccc1Cl)Cc1cccc(C(=O)O)c1F. The predicted molar refractivity (Wildman–Crippen MR) is 80.0 cm³/mol. The molecule has 2 rings (SSSR count). The molecule has 1 N–H and O–H groups in total. The van der Waals surface area contributed by atoms with Crippen molar-refractivity contribution >= 4 is 17.6 Å². The maximum Gasteiger partial charge on any atom is 0.338 e. The van der Waals surface area contributed by atoms with Gasteiger partial charge in [0.2, 0.25) is 0 Å². The van der Waals surface area contributed by atoms with E-state index in [0.717, 1.165) is 5.56 Å². The normalized spacial score (nSPS) is 10.9. The molecule has 0 saturated heterocycles. The number of carbonyl (C=O) groups is 1. The van der Waals surface area contributed by atoms with Crippen molar-refractivity contribution in [2.24, 2.45) is 0 Å². The van der Waals surface area contributed by atoms with Gasteiger partial charge in [-0.1, -0.05) is 41.9 Å². The Hall–Kier alpha value is -1.91. The first-order chi connectivity index (χ1) is 9.99. The van der Waals surface area contributed by atoms with Gasteiger partial charge in [-0.25, -0.2) is 9.18 Å². The standard InChI is InChI=1S/C16H15ClFNO2/c1-19(9-11-5-2-3-8-14(11)17)10-12-6-4-7-13(15(12)18)16(20)21/h2-8H,9-10H2,1H3,(H,20,21). The van der Waals surface area contributed by atoms with Gasteiger partial charge < -0.3 is 5.11 Å². The van der Waals surface area contributed by atoms with Crippen molar-refractivity contribution in [3.63, 3.8) is 0 Å². The van der Waals surface area contributed by atoms with Crippen molar-refractivity contribution in [3.05, 3.63) is 70.0 Å². The van der Waals surface area contributed by atoms with E-state index in [0.29, 0.717) is 23.7 Å². The number of nitrogens with zero attached hydrogens (tertiary/aromatic N) is 1. The van der Waals surface area contributed by atoms with Crippen molar-refractivity contribution < 1.29 is 14.3 Å². The number of carboxylic acid groups (broad SMARTS) is 1. The van der Waals surface area contributed by atoms with Crippen LogP contribution in [0, 0.1) is 5.82 Å². The summed E-state index contributed by atoms with van der Waals surface area (Å²) in [5.41, 5.74) is 0.986. The summed E-state index contributed by atoms with van der Waals surface area (Å²) in [5, 5.41) is 9.58. The fourth-order valence-corrected chi connectivity index (χ4v) is 2.33. The second kappa shape index (κ2) is 6.70. The molecule has 110 valence electrons. The number of hydrogen-bond donors (Lipinski definition) is 1. The molecule has 0 fully saturated rings. The number of carboxylic acids is 1. The van der Waals surface area contributed by atoms with Crippen LogP contribution >= 0.6 is 11.6 Å². The van der Waals surface area contributed by atoms with E-state index >= 15 is 0 Å². The molecule has 21 heavy (non-hydrogen) atoms. The number of benzene rings is 2. The van der Waals surface area contributed by atoms with Gasteiger partial charge in [-0.15, -0.1) is 0 Å². The van der Waals surface area contributed by atoms with Crippen molar-refractivity contribution in [3.8, 4) is 0 Å². The minimum Gasteiger partial charge on any atom is -0.478 e. The van der Waals surface area contributed by atoms with Crippen LogP contribution in [0.4, 0.5) is 4.39 Å². The smallest absolute Gasteiger partial charge is 0.338 e. The molecule has 0 aliphatic rings. The second-order valence-electron chi connectivity index (χ2n) is 4.85. The monoisotopic (exact) mass is 307 g/mol. The Morgan fingerprint density at radius 3 is 2.43 bits per heavy atom. The molecule has 0 radical (unpaired) electrons. The van der Waals surface area contributed by atoms with E-state index in [1.165, 1.54) is 6.07 Å². The zero-order valence-electron chi connectivity index (χ0n) is 11.5. The molecule has 0 saturated carbocycles. The van der Waals surface area contributed by atoms with Crippen molar-refractivity contribution in [2.75, 3.05) is 7.05 Å². The van der Waals surface area contributed by atoms with E-state index < -0.39 is 11.8 Å². The molecule has 5 heteroatoms. The van der Waals surface area contributed by atoms with Crippen molar-refractivity contribution in [1.82, 2.24) is 4.90 Å². The van der Waals surface area contributed by atoms with E-state index in [1.54, 1.807) is 18.2 Å². The molecule has 0 aliphatic carbocycles. The molecule has 2 aromatic rings. The molecular formula is C16H15ClFNO2. The van der Waals surface area contributed by atoms with Gasteiger partial charge in [0.05, 0.1) is 5.56 Å². The van der Waals surface area contributed by atoms with E-state index in [-0.39, 0.29) is 5.56 Å². The first-order valence-corrected chi connectivity index (χ1v) is 6.79. The van der Waals surface area contributed by atoms with Gasteiger partial charge in [-0.3, -0.25) is 4.90 Å². The largest absolute Gasteiger partial charge is 0.478 e. The highest BCUT2D eigenvalue weighted by Crippen LogP contribution is 2.19. The van der Waals surface area contributed by atoms with Gasteiger partial charge in [-0.05, 0) is 24.7 Å². The van der Waals surface area contributed by atoms with Gasteiger partial charge in [-0.2, -0.15) is 0 Å². The van der Waals surface area contributed by atoms with E-state index in [4.69, 9.17) is 16.7 Å². The van der Waals surface area contributed by atoms with Crippen LogP contribution in [0.2, 0.25) is 5.02 Å². The lowest BCUT2D eigenvalue weighted by Crippen LogP contribution is -2.19. The quantitative estimate of drug-likeness (QED) is 0.913. The Kier molecular flexibility index (Phi) is 4.94. The Labute approximate surface area is 127 Å². The molecule has 0 aromatic heterocycles. The predicted octanol–water partition coefficient (Wildman–Crippen LogP) is 3.81. The zero-order chi connectivity index (χ0) is 15.4. The molecule has 0 bridgehead atoms. The molecule has 0 aliphatic heterocycles. The fourth-order valence-electron chi connectivity index (χ4n) is 2.13. The molecule has 0 unspecified atom stereocenters. The summed E-state index contributed by atoms with van der Waals surface area (Å²) < 4.78 is 14.1. The van der Waals surface area contributed by atoms with Crippen LogP contribution in [0.3, 0.4) is 0 Å². The molecule has 3 nitrogen and oxygen atoms in total. The maximum atomic E-state index is 14.1. The first kappa shape index (κ1) is 15.5. The van der Waals surface area contributed by atoms with Crippen LogP contribution in [-0.4, -0.2) is 23.0 Å². The highest BCUT2D eigenvalue weighted by molar-refractivity contribution is 6.31. The number of rotatable bonds is 5. The number of halogens is 2. The van der Waals surface area contributed by atoms with Gasteiger partial charge >= 0.3 is 5.97 Å². The van der Waals surface area contributed by atoms with Crippen molar-refractivity contribution in [2.45, 2.75) is 13.1 Å². The molecule has 0 heterocycles. The highest BCUT2D eigenvalue weighted by atomic mass is 35.5. The Balaban J connectivity index is 2.13. The average molecular weight is 308 g/mol. The molecular weight excluding hydrogens is 293 g/mol. The topological polar surface area (TPSA) is 40.5 Å². The molecule has 0 atom stereocenters. The minimum absolute atomic E-state index is 0.304. The van der Waals surface area contributed by atoms with Crippen LogP contribution < -0.4 is 0 Å². The summed E-state index contributed by atoms with van der Waals surface area (Å²) in [7, 11) is 1.83. The highest BCUT2D eigenvalue weighted by Gasteiger charge is 2.15. The van der Waals surface area contributed by atoms with E-state index in [2.05, 4.69) is 0 Å². The van der Waals surface area contributed by atoms with Crippen LogP contribution in [0.25, 0.3) is 0 Å². The summed E-state index contributed by atoms with van der Waals surface area (Å²) in [6, 6.07) is 11.8.